The molecular weight excluding hydrogens is 334 g/mol. The van der Waals surface area contributed by atoms with Crippen LogP contribution in [0.25, 0.3) is 16.9 Å². The molecule has 0 radical (unpaired) electrons. The monoisotopic (exact) mass is 349 g/mol. The first-order chi connectivity index (χ1) is 12.3. The molecule has 6 nitrogen and oxygen atoms in total. The van der Waals surface area contributed by atoms with Crippen LogP contribution >= 0.6 is 11.8 Å². The zero-order valence-corrected chi connectivity index (χ0v) is 14.3. The number of ether oxygens (including phenoxy) is 1. The summed E-state index contributed by atoms with van der Waals surface area (Å²) in [6.07, 6.45) is 1.79. The number of rotatable bonds is 5. The molecule has 0 amide bonds. The van der Waals surface area contributed by atoms with Gasteiger partial charge >= 0.3 is 0 Å². The van der Waals surface area contributed by atoms with Gasteiger partial charge in [0.2, 0.25) is 5.16 Å². The molecule has 3 heterocycles. The van der Waals surface area contributed by atoms with Crippen molar-refractivity contribution >= 4 is 17.4 Å². The summed E-state index contributed by atoms with van der Waals surface area (Å²) >= 11 is 1.56. The lowest BCUT2D eigenvalue weighted by atomic mass is 10.1. The maximum atomic E-state index is 5.43. The van der Waals surface area contributed by atoms with E-state index in [1.54, 1.807) is 29.6 Å². The van der Waals surface area contributed by atoms with Crippen molar-refractivity contribution in [2.24, 2.45) is 0 Å². The van der Waals surface area contributed by atoms with Crippen LogP contribution in [0.2, 0.25) is 0 Å². The molecule has 0 fully saturated rings. The SMILES string of the molecule is COc1ccccc1-c1ccc2nnc(SCc3ccccn3)n2n1. The molecule has 0 aliphatic carbocycles. The summed E-state index contributed by atoms with van der Waals surface area (Å²) in [4.78, 5) is 4.33. The number of fused-ring (bicyclic) bond motifs is 1. The van der Waals surface area contributed by atoms with Gasteiger partial charge in [0.05, 0.1) is 18.5 Å². The van der Waals surface area contributed by atoms with Crippen LogP contribution in [0.1, 0.15) is 5.69 Å². The molecule has 0 unspecified atom stereocenters. The normalized spacial score (nSPS) is 10.9. The average Bonchev–Trinajstić information content (AvgIpc) is 3.09. The van der Waals surface area contributed by atoms with Gasteiger partial charge < -0.3 is 4.74 Å². The van der Waals surface area contributed by atoms with Gasteiger partial charge in [-0.05, 0) is 36.4 Å². The van der Waals surface area contributed by atoms with Gasteiger partial charge in [0.15, 0.2) is 5.65 Å². The topological polar surface area (TPSA) is 65.2 Å². The van der Waals surface area contributed by atoms with Crippen molar-refractivity contribution in [2.75, 3.05) is 7.11 Å². The van der Waals surface area contributed by atoms with Crippen molar-refractivity contribution in [3.05, 3.63) is 66.5 Å². The van der Waals surface area contributed by atoms with E-state index in [-0.39, 0.29) is 0 Å². The summed E-state index contributed by atoms with van der Waals surface area (Å²) in [6.45, 7) is 0. The van der Waals surface area contributed by atoms with Crippen LogP contribution < -0.4 is 4.74 Å². The van der Waals surface area contributed by atoms with Crippen molar-refractivity contribution in [1.82, 2.24) is 24.8 Å². The summed E-state index contributed by atoms with van der Waals surface area (Å²) in [5, 5.41) is 13.9. The predicted molar refractivity (Wildman–Crippen MR) is 96.6 cm³/mol. The number of benzene rings is 1. The summed E-state index contributed by atoms with van der Waals surface area (Å²) in [5.74, 6) is 1.49. The molecule has 124 valence electrons. The molecule has 0 bridgehead atoms. The molecule has 0 spiro atoms. The van der Waals surface area contributed by atoms with Crippen molar-refractivity contribution in [3.63, 3.8) is 0 Å². The Hall–Kier alpha value is -2.93. The fourth-order valence-electron chi connectivity index (χ4n) is 2.48. The van der Waals surface area contributed by atoms with E-state index < -0.39 is 0 Å². The van der Waals surface area contributed by atoms with Gasteiger partial charge in [-0.2, -0.15) is 9.61 Å². The van der Waals surface area contributed by atoms with Crippen LogP contribution in [0.4, 0.5) is 0 Å². The molecule has 0 saturated carbocycles. The molecule has 7 heteroatoms. The maximum Gasteiger partial charge on any atom is 0.212 e. The lowest BCUT2D eigenvalue weighted by molar-refractivity contribution is 0.416. The van der Waals surface area contributed by atoms with E-state index in [1.807, 2.05) is 54.6 Å². The van der Waals surface area contributed by atoms with Crippen molar-refractivity contribution < 1.29 is 4.74 Å². The number of thioether (sulfide) groups is 1. The Labute approximate surface area is 148 Å². The minimum Gasteiger partial charge on any atom is -0.496 e. The smallest absolute Gasteiger partial charge is 0.212 e. The standard InChI is InChI=1S/C18H15N5OS/c1-24-16-8-3-2-7-14(16)15-9-10-17-20-21-18(23(17)22-15)25-12-13-6-4-5-11-19-13/h2-11H,12H2,1H3. The average molecular weight is 349 g/mol. The quantitative estimate of drug-likeness (QED) is 0.514. The third-order valence-corrected chi connectivity index (χ3v) is 4.65. The first kappa shape index (κ1) is 15.6. The fraction of sp³-hybridized carbons (Fsp3) is 0.111. The number of hydrogen-bond donors (Lipinski definition) is 0. The highest BCUT2D eigenvalue weighted by Gasteiger charge is 2.12. The Kier molecular flexibility index (Phi) is 4.30. The summed E-state index contributed by atoms with van der Waals surface area (Å²) in [7, 11) is 1.66. The molecule has 25 heavy (non-hydrogen) atoms. The molecular formula is C18H15N5OS. The predicted octanol–water partition coefficient (Wildman–Crippen LogP) is 3.49. The number of pyridine rings is 1. The Morgan fingerprint density at radius 1 is 1.00 bits per heavy atom. The zero-order valence-electron chi connectivity index (χ0n) is 13.5. The van der Waals surface area contributed by atoms with Crippen LogP contribution in [0, 0.1) is 0 Å². The fourth-order valence-corrected chi connectivity index (χ4v) is 3.28. The maximum absolute atomic E-state index is 5.43. The van der Waals surface area contributed by atoms with E-state index in [1.165, 1.54) is 0 Å². The van der Waals surface area contributed by atoms with Gasteiger partial charge in [-0.1, -0.05) is 30.0 Å². The van der Waals surface area contributed by atoms with Crippen LogP contribution in [-0.4, -0.2) is 31.9 Å². The molecule has 1 aromatic carbocycles. The lowest BCUT2D eigenvalue weighted by Gasteiger charge is -2.08. The number of hydrogen-bond acceptors (Lipinski definition) is 6. The van der Waals surface area contributed by atoms with E-state index in [0.29, 0.717) is 11.4 Å². The second kappa shape index (κ2) is 6.90. The second-order valence-corrected chi connectivity index (χ2v) is 6.22. The van der Waals surface area contributed by atoms with Crippen molar-refractivity contribution in [2.45, 2.75) is 10.9 Å². The molecule has 4 aromatic rings. The first-order valence-electron chi connectivity index (χ1n) is 7.74. The summed E-state index contributed by atoms with van der Waals surface area (Å²) in [5.41, 5.74) is 3.44. The molecule has 0 N–H and O–H groups in total. The minimum absolute atomic E-state index is 0.710. The van der Waals surface area contributed by atoms with Crippen molar-refractivity contribution in [1.29, 1.82) is 0 Å². The zero-order chi connectivity index (χ0) is 17.1. The third kappa shape index (κ3) is 3.18. The van der Waals surface area contributed by atoms with Gasteiger partial charge in [0.25, 0.3) is 0 Å². The number of nitrogens with zero attached hydrogens (tertiary/aromatic N) is 5. The number of para-hydroxylation sites is 1. The second-order valence-electron chi connectivity index (χ2n) is 5.28. The molecule has 4 rings (SSSR count). The van der Waals surface area contributed by atoms with Crippen LogP contribution in [0.15, 0.2) is 66.0 Å². The summed E-state index contributed by atoms with van der Waals surface area (Å²) < 4.78 is 7.19. The highest BCUT2D eigenvalue weighted by molar-refractivity contribution is 7.98. The van der Waals surface area contributed by atoms with E-state index >= 15 is 0 Å². The minimum atomic E-state index is 0.710. The van der Waals surface area contributed by atoms with Crippen LogP contribution in [0.5, 0.6) is 5.75 Å². The highest BCUT2D eigenvalue weighted by Crippen LogP contribution is 2.29. The van der Waals surface area contributed by atoms with E-state index in [9.17, 15) is 0 Å². The van der Waals surface area contributed by atoms with Gasteiger partial charge in [0, 0.05) is 17.5 Å². The molecule has 0 aliphatic heterocycles. The Morgan fingerprint density at radius 3 is 2.72 bits per heavy atom. The van der Waals surface area contributed by atoms with Gasteiger partial charge in [-0.3, -0.25) is 4.98 Å². The lowest BCUT2D eigenvalue weighted by Crippen LogP contribution is -1.98. The van der Waals surface area contributed by atoms with Gasteiger partial charge in [-0.15, -0.1) is 10.2 Å². The van der Waals surface area contributed by atoms with E-state index in [4.69, 9.17) is 9.84 Å². The van der Waals surface area contributed by atoms with Crippen LogP contribution in [0.3, 0.4) is 0 Å². The first-order valence-corrected chi connectivity index (χ1v) is 8.72. The van der Waals surface area contributed by atoms with E-state index in [2.05, 4.69) is 15.2 Å². The van der Waals surface area contributed by atoms with Crippen LogP contribution in [-0.2, 0) is 5.75 Å². The largest absolute Gasteiger partial charge is 0.496 e. The highest BCUT2D eigenvalue weighted by atomic mass is 32.2. The molecule has 0 atom stereocenters. The number of methoxy groups -OCH3 is 1. The van der Waals surface area contributed by atoms with Crippen molar-refractivity contribution in [3.8, 4) is 17.0 Å². The summed E-state index contributed by atoms with van der Waals surface area (Å²) in [6, 6.07) is 17.5. The number of aromatic nitrogens is 5. The van der Waals surface area contributed by atoms with Gasteiger partial charge in [-0.25, -0.2) is 0 Å². The molecule has 0 saturated heterocycles. The Bertz CT molecular complexity index is 1000. The van der Waals surface area contributed by atoms with Gasteiger partial charge in [0.1, 0.15) is 5.75 Å². The third-order valence-electron chi connectivity index (χ3n) is 3.69. The molecule has 3 aromatic heterocycles. The Morgan fingerprint density at radius 2 is 1.88 bits per heavy atom. The van der Waals surface area contributed by atoms with E-state index in [0.717, 1.165) is 27.9 Å². The Balaban J connectivity index is 1.68. The molecule has 0 aliphatic rings.